The van der Waals surface area contributed by atoms with Crippen molar-refractivity contribution in [3.63, 3.8) is 0 Å². The number of pyridine rings is 2. The summed E-state index contributed by atoms with van der Waals surface area (Å²) in [5.74, 6) is -1.17. The molecule has 1 unspecified atom stereocenters. The molecular formula is C28H20Cl2N2O2. The van der Waals surface area contributed by atoms with Gasteiger partial charge in [-0.2, -0.15) is 0 Å². The largest absolute Gasteiger partial charge is 0.298 e. The van der Waals surface area contributed by atoms with Crippen molar-refractivity contribution < 1.29 is 9.59 Å². The molecule has 0 N–H and O–H groups in total. The second-order valence-corrected chi connectivity index (χ2v) is 8.52. The Morgan fingerprint density at radius 2 is 1.38 bits per heavy atom. The molecule has 6 heteroatoms. The Balaban J connectivity index is 1.82. The third-order valence-corrected chi connectivity index (χ3v) is 5.79. The van der Waals surface area contributed by atoms with Crippen LogP contribution in [0.3, 0.4) is 0 Å². The van der Waals surface area contributed by atoms with Gasteiger partial charge in [0.1, 0.15) is 5.69 Å². The van der Waals surface area contributed by atoms with Gasteiger partial charge in [-0.05, 0) is 71.3 Å². The predicted octanol–water partition coefficient (Wildman–Crippen LogP) is 6.65. The minimum Gasteiger partial charge on any atom is -0.298 e. The highest BCUT2D eigenvalue weighted by molar-refractivity contribution is 6.30. The van der Waals surface area contributed by atoms with Crippen LogP contribution in [0.4, 0.5) is 0 Å². The fourth-order valence-electron chi connectivity index (χ4n) is 3.65. The monoisotopic (exact) mass is 486 g/mol. The van der Waals surface area contributed by atoms with Crippen molar-refractivity contribution >= 4 is 40.3 Å². The number of carbonyl (C=O) groups excluding carboxylic acids is 2. The molecule has 0 aliphatic carbocycles. The van der Waals surface area contributed by atoms with Crippen LogP contribution in [-0.2, 0) is 11.2 Å². The number of hydrogen-bond donors (Lipinski definition) is 0. The summed E-state index contributed by atoms with van der Waals surface area (Å²) in [5.41, 5.74) is 2.90. The number of rotatable bonds is 8. The summed E-state index contributed by atoms with van der Waals surface area (Å²) in [4.78, 5) is 35.5. The van der Waals surface area contributed by atoms with E-state index >= 15 is 0 Å². The van der Waals surface area contributed by atoms with Crippen molar-refractivity contribution in [2.24, 2.45) is 0 Å². The van der Waals surface area contributed by atoms with E-state index in [9.17, 15) is 9.59 Å². The predicted molar refractivity (Wildman–Crippen MR) is 135 cm³/mol. The molecule has 4 rings (SSSR count). The van der Waals surface area contributed by atoms with Gasteiger partial charge in [-0.15, -0.1) is 0 Å². The Hall–Kier alpha value is -3.60. The average molecular weight is 487 g/mol. The van der Waals surface area contributed by atoms with Crippen LogP contribution >= 0.6 is 23.2 Å². The number of Topliss-reactive ketones (excluding diaryl/α,β-unsaturated/α-hetero) is 1. The van der Waals surface area contributed by atoms with Gasteiger partial charge < -0.3 is 0 Å². The van der Waals surface area contributed by atoms with E-state index in [0.717, 1.165) is 5.56 Å². The Morgan fingerprint density at radius 3 is 1.97 bits per heavy atom. The number of carbonyl (C=O) groups is 2. The van der Waals surface area contributed by atoms with Crippen molar-refractivity contribution in [1.29, 1.82) is 0 Å². The first-order valence-corrected chi connectivity index (χ1v) is 11.4. The molecule has 0 radical (unpaired) electrons. The fourth-order valence-corrected chi connectivity index (χ4v) is 3.90. The minimum atomic E-state index is -0.772. The number of aromatic nitrogens is 2. The van der Waals surface area contributed by atoms with Gasteiger partial charge in [-0.1, -0.05) is 59.6 Å². The summed E-state index contributed by atoms with van der Waals surface area (Å²) in [6.45, 7) is 0. The number of nitrogens with zero attached hydrogens (tertiary/aromatic N) is 2. The molecule has 168 valence electrons. The zero-order valence-electron chi connectivity index (χ0n) is 18.1. The summed E-state index contributed by atoms with van der Waals surface area (Å²) in [6, 6.07) is 24.7. The van der Waals surface area contributed by atoms with Gasteiger partial charge in [-0.25, -0.2) is 0 Å². The van der Waals surface area contributed by atoms with Crippen molar-refractivity contribution in [3.05, 3.63) is 136 Å². The normalized spacial score (nSPS) is 12.2. The van der Waals surface area contributed by atoms with E-state index in [-0.39, 0.29) is 18.0 Å². The molecule has 4 nitrogen and oxygen atoms in total. The molecule has 0 aliphatic rings. The number of allylic oxidation sites excluding steroid dienone is 2. The van der Waals surface area contributed by atoms with E-state index in [0.29, 0.717) is 32.6 Å². The summed E-state index contributed by atoms with van der Waals surface area (Å²) in [7, 11) is 0. The lowest BCUT2D eigenvalue weighted by Gasteiger charge is -2.20. The summed E-state index contributed by atoms with van der Waals surface area (Å²) < 4.78 is 0. The molecule has 4 aromatic rings. The van der Waals surface area contributed by atoms with Crippen LogP contribution in [-0.4, -0.2) is 21.5 Å². The first-order valence-electron chi connectivity index (χ1n) is 10.6. The van der Waals surface area contributed by atoms with Crippen LogP contribution < -0.4 is 0 Å². The van der Waals surface area contributed by atoms with Gasteiger partial charge in [-0.3, -0.25) is 19.6 Å². The van der Waals surface area contributed by atoms with Gasteiger partial charge in [0.15, 0.2) is 5.78 Å². The molecule has 0 saturated heterocycles. The van der Waals surface area contributed by atoms with Crippen LogP contribution in [0.2, 0.25) is 10.0 Å². The maximum atomic E-state index is 13.7. The summed E-state index contributed by atoms with van der Waals surface area (Å²) >= 11 is 12.1. The highest BCUT2D eigenvalue weighted by Gasteiger charge is 2.28. The van der Waals surface area contributed by atoms with Crippen molar-refractivity contribution in [2.45, 2.75) is 12.3 Å². The highest BCUT2D eigenvalue weighted by atomic mass is 35.5. The second-order valence-electron chi connectivity index (χ2n) is 7.64. The Kier molecular flexibility index (Phi) is 7.63. The molecule has 2 aromatic carbocycles. The SMILES string of the molecule is O=C(C=C(c1ccc(Cl)cc1)C(C(=O)Cc1ccc(Cl)cc1)c1ccccn1)c1ccccn1. The van der Waals surface area contributed by atoms with E-state index in [4.69, 9.17) is 23.2 Å². The standard InChI is InChI=1S/C28H20Cl2N2O2/c29-21-11-7-19(8-12-21)17-27(34)28(25-6-2-4-16-32-25)23(20-9-13-22(30)14-10-20)18-26(33)24-5-1-3-15-31-24/h1-16,18,28H,17H2. The van der Waals surface area contributed by atoms with Crippen LogP contribution in [0.1, 0.15) is 33.2 Å². The van der Waals surface area contributed by atoms with E-state index in [1.54, 1.807) is 79.1 Å². The Morgan fingerprint density at radius 1 is 0.765 bits per heavy atom. The quantitative estimate of drug-likeness (QED) is 0.206. The number of halogens is 2. The maximum Gasteiger partial charge on any atom is 0.204 e. The lowest BCUT2D eigenvalue weighted by Crippen LogP contribution is -2.19. The molecule has 34 heavy (non-hydrogen) atoms. The molecule has 0 amide bonds. The van der Waals surface area contributed by atoms with Crippen LogP contribution in [0.15, 0.2) is 103 Å². The highest BCUT2D eigenvalue weighted by Crippen LogP contribution is 2.34. The zero-order chi connectivity index (χ0) is 23.9. The van der Waals surface area contributed by atoms with E-state index < -0.39 is 5.92 Å². The lowest BCUT2D eigenvalue weighted by molar-refractivity contribution is -0.118. The van der Waals surface area contributed by atoms with Crippen LogP contribution in [0, 0.1) is 0 Å². The topological polar surface area (TPSA) is 59.9 Å². The third-order valence-electron chi connectivity index (χ3n) is 5.29. The molecule has 2 aromatic heterocycles. The van der Waals surface area contributed by atoms with Crippen LogP contribution in [0.25, 0.3) is 5.57 Å². The van der Waals surface area contributed by atoms with Gasteiger partial charge in [0, 0.05) is 28.9 Å². The van der Waals surface area contributed by atoms with Crippen molar-refractivity contribution in [2.75, 3.05) is 0 Å². The smallest absolute Gasteiger partial charge is 0.204 e. The molecule has 0 aliphatic heterocycles. The molecule has 0 bridgehead atoms. The minimum absolute atomic E-state index is 0.101. The van der Waals surface area contributed by atoms with Gasteiger partial charge in [0.05, 0.1) is 11.6 Å². The Labute approximate surface area is 207 Å². The number of ketones is 2. The Bertz CT molecular complexity index is 1300. The molecule has 1 atom stereocenters. The fraction of sp³-hybridized carbons (Fsp3) is 0.0714. The van der Waals surface area contributed by atoms with Crippen molar-refractivity contribution in [1.82, 2.24) is 9.97 Å². The van der Waals surface area contributed by atoms with Gasteiger partial charge in [0.2, 0.25) is 5.78 Å². The van der Waals surface area contributed by atoms with Crippen molar-refractivity contribution in [3.8, 4) is 0 Å². The number of benzene rings is 2. The molecular weight excluding hydrogens is 467 g/mol. The van der Waals surface area contributed by atoms with E-state index in [1.807, 2.05) is 18.2 Å². The summed E-state index contributed by atoms with van der Waals surface area (Å²) in [5, 5.41) is 1.15. The second kappa shape index (κ2) is 11.0. The van der Waals surface area contributed by atoms with Crippen LogP contribution in [0.5, 0.6) is 0 Å². The first kappa shape index (κ1) is 23.6. The zero-order valence-corrected chi connectivity index (χ0v) is 19.6. The van der Waals surface area contributed by atoms with Gasteiger partial charge in [0.25, 0.3) is 0 Å². The first-order chi connectivity index (χ1) is 16.5. The van der Waals surface area contributed by atoms with Gasteiger partial charge >= 0.3 is 0 Å². The van der Waals surface area contributed by atoms with E-state index in [1.165, 1.54) is 6.08 Å². The maximum absolute atomic E-state index is 13.7. The molecule has 0 spiro atoms. The average Bonchev–Trinajstić information content (AvgIpc) is 2.87. The van der Waals surface area contributed by atoms with E-state index in [2.05, 4.69) is 9.97 Å². The summed E-state index contributed by atoms with van der Waals surface area (Å²) in [6.07, 6.45) is 4.83. The number of hydrogen-bond acceptors (Lipinski definition) is 4. The molecule has 0 fully saturated rings. The third kappa shape index (κ3) is 5.84. The molecule has 0 saturated carbocycles. The lowest BCUT2D eigenvalue weighted by atomic mass is 9.83. The molecule has 2 heterocycles.